The van der Waals surface area contributed by atoms with E-state index in [4.69, 9.17) is 0 Å². The standard InChI is InChI=1S/C21H22N4O/c26-21(24-20-12-5-9-16-7-1-3-10-18(16)20)23-19-11-4-2-8-17(19)15-25-14-6-13-22-25/h1-4,6-8,10-11,13-14,20H,5,9,12,15H2,(H2,23,24,26). The second-order valence-electron chi connectivity index (χ2n) is 6.60. The van der Waals surface area contributed by atoms with E-state index in [2.05, 4.69) is 33.9 Å². The highest BCUT2D eigenvalue weighted by Gasteiger charge is 2.21. The van der Waals surface area contributed by atoms with Crippen molar-refractivity contribution in [1.82, 2.24) is 15.1 Å². The number of anilines is 1. The maximum absolute atomic E-state index is 12.6. The highest BCUT2D eigenvalue weighted by atomic mass is 16.2. The third kappa shape index (κ3) is 3.61. The van der Waals surface area contributed by atoms with Crippen LogP contribution in [0.1, 0.15) is 35.6 Å². The summed E-state index contributed by atoms with van der Waals surface area (Å²) in [5.41, 5.74) is 4.40. The maximum atomic E-state index is 12.6. The van der Waals surface area contributed by atoms with Crippen molar-refractivity contribution in [1.29, 1.82) is 0 Å². The van der Waals surface area contributed by atoms with E-state index in [9.17, 15) is 4.79 Å². The van der Waals surface area contributed by atoms with Crippen LogP contribution in [-0.4, -0.2) is 15.8 Å². The molecule has 5 heteroatoms. The Labute approximate surface area is 153 Å². The van der Waals surface area contributed by atoms with Crippen molar-refractivity contribution in [3.8, 4) is 0 Å². The number of carbonyl (C=O) groups is 1. The smallest absolute Gasteiger partial charge is 0.319 e. The average Bonchev–Trinajstić information content (AvgIpc) is 3.17. The van der Waals surface area contributed by atoms with Crippen LogP contribution >= 0.6 is 0 Å². The van der Waals surface area contributed by atoms with Gasteiger partial charge in [-0.3, -0.25) is 4.68 Å². The van der Waals surface area contributed by atoms with E-state index in [1.54, 1.807) is 6.20 Å². The van der Waals surface area contributed by atoms with Gasteiger partial charge in [0.2, 0.25) is 0 Å². The van der Waals surface area contributed by atoms with Gasteiger partial charge in [-0.05, 0) is 48.1 Å². The van der Waals surface area contributed by atoms with Gasteiger partial charge in [0.05, 0.1) is 12.6 Å². The summed E-state index contributed by atoms with van der Waals surface area (Å²) >= 11 is 0. The van der Waals surface area contributed by atoms with E-state index in [1.165, 1.54) is 11.1 Å². The molecule has 1 aliphatic rings. The number of nitrogens with one attached hydrogen (secondary N) is 2. The van der Waals surface area contributed by atoms with E-state index in [1.807, 2.05) is 47.3 Å². The van der Waals surface area contributed by atoms with Crippen LogP contribution in [0.25, 0.3) is 0 Å². The molecule has 132 valence electrons. The molecule has 0 saturated carbocycles. The van der Waals surface area contributed by atoms with Crippen LogP contribution in [0.4, 0.5) is 10.5 Å². The predicted octanol–water partition coefficient (Wildman–Crippen LogP) is 4.13. The number of nitrogens with zero attached hydrogens (tertiary/aromatic N) is 2. The number of hydrogen-bond acceptors (Lipinski definition) is 2. The molecule has 2 amide bonds. The predicted molar refractivity (Wildman–Crippen MR) is 102 cm³/mol. The number of hydrogen-bond donors (Lipinski definition) is 2. The maximum Gasteiger partial charge on any atom is 0.319 e. The fourth-order valence-corrected chi connectivity index (χ4v) is 3.57. The minimum absolute atomic E-state index is 0.0678. The van der Waals surface area contributed by atoms with E-state index < -0.39 is 0 Å². The lowest BCUT2D eigenvalue weighted by Crippen LogP contribution is -2.34. The molecule has 1 aromatic heterocycles. The fourth-order valence-electron chi connectivity index (χ4n) is 3.57. The summed E-state index contributed by atoms with van der Waals surface area (Å²) in [4.78, 5) is 12.6. The third-order valence-electron chi connectivity index (χ3n) is 4.83. The van der Waals surface area contributed by atoms with Gasteiger partial charge < -0.3 is 10.6 Å². The molecule has 5 nitrogen and oxygen atoms in total. The van der Waals surface area contributed by atoms with Crippen LogP contribution < -0.4 is 10.6 Å². The Balaban J connectivity index is 1.46. The number of amides is 2. The summed E-state index contributed by atoms with van der Waals surface area (Å²) in [6.07, 6.45) is 6.82. The highest BCUT2D eigenvalue weighted by Crippen LogP contribution is 2.29. The average molecular weight is 346 g/mol. The molecule has 3 aromatic rings. The van der Waals surface area contributed by atoms with Gasteiger partial charge >= 0.3 is 6.03 Å². The Kier molecular flexibility index (Phi) is 4.69. The first-order valence-electron chi connectivity index (χ1n) is 9.00. The van der Waals surface area contributed by atoms with Gasteiger partial charge in [0.25, 0.3) is 0 Å². The number of aromatic nitrogens is 2. The van der Waals surface area contributed by atoms with E-state index in [0.717, 1.165) is 30.5 Å². The van der Waals surface area contributed by atoms with Crippen LogP contribution in [0.5, 0.6) is 0 Å². The van der Waals surface area contributed by atoms with Gasteiger partial charge in [0.15, 0.2) is 0 Å². The lowest BCUT2D eigenvalue weighted by atomic mass is 9.88. The lowest BCUT2D eigenvalue weighted by Gasteiger charge is -2.26. The monoisotopic (exact) mass is 346 g/mol. The number of para-hydroxylation sites is 1. The zero-order valence-corrected chi connectivity index (χ0v) is 14.6. The molecule has 0 fully saturated rings. The summed E-state index contributed by atoms with van der Waals surface area (Å²) in [5.74, 6) is 0. The molecule has 4 rings (SSSR count). The fraction of sp³-hybridized carbons (Fsp3) is 0.238. The van der Waals surface area contributed by atoms with Crippen molar-refractivity contribution in [2.45, 2.75) is 31.8 Å². The first-order valence-corrected chi connectivity index (χ1v) is 9.00. The molecule has 0 bridgehead atoms. The molecule has 0 radical (unpaired) electrons. The number of urea groups is 1. The summed E-state index contributed by atoms with van der Waals surface area (Å²) < 4.78 is 1.84. The molecule has 0 saturated heterocycles. The quantitative estimate of drug-likeness (QED) is 0.746. The Hall–Kier alpha value is -3.08. The van der Waals surface area contributed by atoms with E-state index >= 15 is 0 Å². The number of aryl methyl sites for hydroxylation is 1. The van der Waals surface area contributed by atoms with Crippen molar-refractivity contribution >= 4 is 11.7 Å². The third-order valence-corrected chi connectivity index (χ3v) is 4.83. The molecule has 0 aliphatic heterocycles. The number of carbonyl (C=O) groups excluding carboxylic acids is 1. The van der Waals surface area contributed by atoms with Crippen molar-refractivity contribution in [2.24, 2.45) is 0 Å². The minimum atomic E-state index is -0.167. The Bertz CT molecular complexity index is 889. The van der Waals surface area contributed by atoms with Crippen LogP contribution in [0, 0.1) is 0 Å². The lowest BCUT2D eigenvalue weighted by molar-refractivity contribution is 0.247. The summed E-state index contributed by atoms with van der Waals surface area (Å²) in [5, 5.41) is 10.4. The first kappa shape index (κ1) is 16.4. The highest BCUT2D eigenvalue weighted by molar-refractivity contribution is 5.90. The van der Waals surface area contributed by atoms with E-state index in [-0.39, 0.29) is 12.1 Å². The number of rotatable bonds is 4. The second kappa shape index (κ2) is 7.44. The SMILES string of the molecule is O=C(Nc1ccccc1Cn1cccn1)NC1CCCc2ccccc21. The molecule has 2 N–H and O–H groups in total. The topological polar surface area (TPSA) is 59.0 Å². The molecule has 1 unspecified atom stereocenters. The Morgan fingerprint density at radius 2 is 1.96 bits per heavy atom. The normalized spacial score (nSPS) is 15.9. The largest absolute Gasteiger partial charge is 0.331 e. The second-order valence-corrected chi connectivity index (χ2v) is 6.60. The molecular formula is C21H22N4O. The van der Waals surface area contributed by atoms with Crippen molar-refractivity contribution in [3.63, 3.8) is 0 Å². The summed E-state index contributed by atoms with van der Waals surface area (Å²) in [6.45, 7) is 0.621. The van der Waals surface area contributed by atoms with Gasteiger partial charge in [-0.25, -0.2) is 4.79 Å². The van der Waals surface area contributed by atoms with Gasteiger partial charge in [0, 0.05) is 18.1 Å². The van der Waals surface area contributed by atoms with Gasteiger partial charge in [0.1, 0.15) is 0 Å². The van der Waals surface area contributed by atoms with Crippen LogP contribution in [-0.2, 0) is 13.0 Å². The van der Waals surface area contributed by atoms with Gasteiger partial charge in [-0.2, -0.15) is 5.10 Å². The molecule has 1 atom stereocenters. The molecule has 1 aliphatic carbocycles. The van der Waals surface area contributed by atoms with Crippen LogP contribution in [0.3, 0.4) is 0 Å². The van der Waals surface area contributed by atoms with Gasteiger partial charge in [-0.1, -0.05) is 42.5 Å². The molecule has 2 aromatic carbocycles. The van der Waals surface area contributed by atoms with Crippen LogP contribution in [0.2, 0.25) is 0 Å². The number of benzene rings is 2. The Morgan fingerprint density at radius 1 is 1.12 bits per heavy atom. The van der Waals surface area contributed by atoms with E-state index in [0.29, 0.717) is 6.54 Å². The van der Waals surface area contributed by atoms with Crippen molar-refractivity contribution in [3.05, 3.63) is 83.7 Å². The summed E-state index contributed by atoms with van der Waals surface area (Å²) in [6, 6.07) is 18.0. The van der Waals surface area contributed by atoms with Crippen LogP contribution in [0.15, 0.2) is 67.0 Å². The Morgan fingerprint density at radius 3 is 2.85 bits per heavy atom. The zero-order valence-electron chi connectivity index (χ0n) is 14.6. The molecule has 0 spiro atoms. The molecular weight excluding hydrogens is 324 g/mol. The summed E-state index contributed by atoms with van der Waals surface area (Å²) in [7, 11) is 0. The van der Waals surface area contributed by atoms with Crippen molar-refractivity contribution in [2.75, 3.05) is 5.32 Å². The molecule has 26 heavy (non-hydrogen) atoms. The van der Waals surface area contributed by atoms with Crippen molar-refractivity contribution < 1.29 is 4.79 Å². The molecule has 1 heterocycles. The minimum Gasteiger partial charge on any atom is -0.331 e. The zero-order chi connectivity index (χ0) is 17.8. The number of fused-ring (bicyclic) bond motifs is 1. The van der Waals surface area contributed by atoms with Gasteiger partial charge in [-0.15, -0.1) is 0 Å². The first-order chi connectivity index (χ1) is 12.8.